The molecule has 0 radical (unpaired) electrons. The SMILES string of the molecule is CC\C=C/C=C/C=C/C=C\C=C\C=C\CCCC(CC(=O)NC(CO)C(O)CCCCCCCCCCCCCCCCC)OC(=O)CCCCC\C=C/C=C\C=C\C=C\CC. The van der Waals surface area contributed by atoms with Crippen LogP contribution < -0.4 is 5.32 Å². The van der Waals surface area contributed by atoms with Gasteiger partial charge in [0.05, 0.1) is 25.2 Å². The van der Waals surface area contributed by atoms with Crippen molar-refractivity contribution in [3.8, 4) is 0 Å². The Kier molecular flexibility index (Phi) is 45.4. The van der Waals surface area contributed by atoms with Crippen molar-refractivity contribution in [1.29, 1.82) is 0 Å². The first kappa shape index (κ1) is 58.3. The van der Waals surface area contributed by atoms with Gasteiger partial charge in [0, 0.05) is 6.42 Å². The number of hydrogen-bond acceptors (Lipinski definition) is 5. The molecule has 3 N–H and O–H groups in total. The van der Waals surface area contributed by atoms with E-state index in [0.29, 0.717) is 19.3 Å². The first-order valence-corrected chi connectivity index (χ1v) is 24.9. The number of nitrogens with one attached hydrogen (secondary N) is 1. The summed E-state index contributed by atoms with van der Waals surface area (Å²) in [5, 5.41) is 23.7. The summed E-state index contributed by atoms with van der Waals surface area (Å²) in [6, 6.07) is -0.742. The van der Waals surface area contributed by atoms with Gasteiger partial charge in [-0.2, -0.15) is 0 Å². The van der Waals surface area contributed by atoms with Gasteiger partial charge in [0.15, 0.2) is 0 Å². The lowest BCUT2D eigenvalue weighted by Gasteiger charge is -2.24. The van der Waals surface area contributed by atoms with Gasteiger partial charge in [-0.15, -0.1) is 0 Å². The van der Waals surface area contributed by atoms with Crippen molar-refractivity contribution in [2.75, 3.05) is 6.61 Å². The van der Waals surface area contributed by atoms with Gasteiger partial charge < -0.3 is 20.3 Å². The number of rotatable bonds is 42. The van der Waals surface area contributed by atoms with Crippen LogP contribution in [0.3, 0.4) is 0 Å². The van der Waals surface area contributed by atoms with Crippen molar-refractivity contribution in [3.63, 3.8) is 0 Å². The van der Waals surface area contributed by atoms with Crippen molar-refractivity contribution in [1.82, 2.24) is 5.32 Å². The Hall–Kier alpha value is -3.74. The summed E-state index contributed by atoms with van der Waals surface area (Å²) in [5.74, 6) is -0.609. The van der Waals surface area contributed by atoms with E-state index in [1.807, 2.05) is 97.2 Å². The highest BCUT2D eigenvalue weighted by Gasteiger charge is 2.24. The van der Waals surface area contributed by atoms with Crippen molar-refractivity contribution in [2.45, 2.75) is 212 Å². The second kappa shape index (κ2) is 48.3. The number of aliphatic hydroxyl groups excluding tert-OH is 2. The fourth-order valence-corrected chi connectivity index (χ4v) is 6.83. The highest BCUT2D eigenvalue weighted by atomic mass is 16.5. The molecule has 0 aliphatic carbocycles. The van der Waals surface area contributed by atoms with Crippen molar-refractivity contribution >= 4 is 11.9 Å². The third kappa shape index (κ3) is 42.9. The highest BCUT2D eigenvalue weighted by Crippen LogP contribution is 2.16. The number of hydrogen-bond donors (Lipinski definition) is 3. The van der Waals surface area contributed by atoms with Gasteiger partial charge in [-0.1, -0.05) is 245 Å². The molecule has 0 spiro atoms. The predicted octanol–water partition coefficient (Wildman–Crippen LogP) is 14.9. The molecule has 0 saturated heterocycles. The van der Waals surface area contributed by atoms with Crippen LogP contribution in [0.1, 0.15) is 194 Å². The molecule has 0 saturated carbocycles. The Balaban J connectivity index is 4.79. The first-order valence-electron chi connectivity index (χ1n) is 24.9. The maximum absolute atomic E-state index is 13.2. The Bertz CT molecular complexity index is 1330. The zero-order chi connectivity index (χ0) is 45.2. The Morgan fingerprint density at radius 2 is 0.887 bits per heavy atom. The monoisotopic (exact) mass is 858 g/mol. The van der Waals surface area contributed by atoms with Crippen LogP contribution in [0.15, 0.2) is 122 Å². The van der Waals surface area contributed by atoms with Crippen LogP contribution in [0.25, 0.3) is 0 Å². The van der Waals surface area contributed by atoms with E-state index >= 15 is 0 Å². The number of amides is 1. The van der Waals surface area contributed by atoms with Gasteiger partial charge in [0.25, 0.3) is 0 Å². The lowest BCUT2D eigenvalue weighted by molar-refractivity contribution is -0.151. The number of esters is 1. The Morgan fingerprint density at radius 1 is 0.484 bits per heavy atom. The predicted molar refractivity (Wildman–Crippen MR) is 268 cm³/mol. The van der Waals surface area contributed by atoms with E-state index in [2.05, 4.69) is 50.4 Å². The molecule has 6 heteroatoms. The lowest BCUT2D eigenvalue weighted by atomic mass is 10.0. The number of carbonyl (C=O) groups is 2. The summed E-state index contributed by atoms with van der Waals surface area (Å²) in [4.78, 5) is 26.1. The molecular weight excluding hydrogens is 767 g/mol. The highest BCUT2D eigenvalue weighted by molar-refractivity contribution is 5.77. The molecule has 3 unspecified atom stereocenters. The number of ether oxygens (including phenoxy) is 1. The van der Waals surface area contributed by atoms with Gasteiger partial charge in [0.1, 0.15) is 6.10 Å². The van der Waals surface area contributed by atoms with Crippen LogP contribution in [0.2, 0.25) is 0 Å². The minimum absolute atomic E-state index is 0.00230. The molecule has 0 aromatic heterocycles. The largest absolute Gasteiger partial charge is 0.462 e. The third-order valence-electron chi connectivity index (χ3n) is 10.5. The Labute approximate surface area is 380 Å². The molecule has 0 bridgehead atoms. The smallest absolute Gasteiger partial charge is 0.306 e. The second-order valence-corrected chi connectivity index (χ2v) is 16.3. The van der Waals surface area contributed by atoms with Crippen molar-refractivity contribution < 1.29 is 24.5 Å². The van der Waals surface area contributed by atoms with Gasteiger partial charge in [0.2, 0.25) is 5.91 Å². The van der Waals surface area contributed by atoms with Gasteiger partial charge >= 0.3 is 5.97 Å². The van der Waals surface area contributed by atoms with E-state index in [1.165, 1.54) is 77.0 Å². The summed E-state index contributed by atoms with van der Waals surface area (Å²) in [5.41, 5.74) is 0. The molecule has 6 nitrogen and oxygen atoms in total. The molecule has 0 aliphatic rings. The molecule has 0 aliphatic heterocycles. The summed E-state index contributed by atoms with van der Waals surface area (Å²) in [7, 11) is 0. The van der Waals surface area contributed by atoms with Crippen LogP contribution >= 0.6 is 0 Å². The maximum Gasteiger partial charge on any atom is 0.306 e. The summed E-state index contributed by atoms with van der Waals surface area (Å²) >= 11 is 0. The summed E-state index contributed by atoms with van der Waals surface area (Å²) < 4.78 is 5.86. The molecule has 3 atom stereocenters. The molecule has 350 valence electrons. The summed E-state index contributed by atoms with van der Waals surface area (Å²) in [6.45, 7) is 6.15. The topological polar surface area (TPSA) is 95.9 Å². The number of allylic oxidation sites excluding steroid dienone is 20. The van der Waals surface area contributed by atoms with Crippen LogP contribution in [0.4, 0.5) is 0 Å². The van der Waals surface area contributed by atoms with Crippen molar-refractivity contribution in [3.05, 3.63) is 122 Å². The average molecular weight is 858 g/mol. The quantitative estimate of drug-likeness (QED) is 0.0323. The molecule has 62 heavy (non-hydrogen) atoms. The van der Waals surface area contributed by atoms with E-state index in [-0.39, 0.29) is 24.9 Å². The fraction of sp³-hybridized carbons (Fsp3) is 0.607. The van der Waals surface area contributed by atoms with Gasteiger partial charge in [-0.05, 0) is 57.8 Å². The van der Waals surface area contributed by atoms with Crippen LogP contribution in [-0.4, -0.2) is 46.9 Å². The fourth-order valence-electron chi connectivity index (χ4n) is 6.83. The van der Waals surface area contributed by atoms with Gasteiger partial charge in [-0.3, -0.25) is 9.59 Å². The molecule has 1 amide bonds. The molecule has 0 fully saturated rings. The van der Waals surface area contributed by atoms with E-state index in [0.717, 1.165) is 70.6 Å². The lowest BCUT2D eigenvalue weighted by Crippen LogP contribution is -2.46. The van der Waals surface area contributed by atoms with Crippen molar-refractivity contribution in [2.24, 2.45) is 0 Å². The number of carbonyl (C=O) groups excluding carboxylic acids is 2. The van der Waals surface area contributed by atoms with Crippen LogP contribution in [0.5, 0.6) is 0 Å². The van der Waals surface area contributed by atoms with E-state index in [9.17, 15) is 19.8 Å². The summed E-state index contributed by atoms with van der Waals surface area (Å²) in [6.07, 6.45) is 66.9. The van der Waals surface area contributed by atoms with Crippen LogP contribution in [0, 0.1) is 0 Å². The second-order valence-electron chi connectivity index (χ2n) is 16.3. The van der Waals surface area contributed by atoms with Gasteiger partial charge in [-0.25, -0.2) is 0 Å². The molecular formula is C56H91NO5. The maximum atomic E-state index is 13.2. The average Bonchev–Trinajstić information content (AvgIpc) is 3.26. The van der Waals surface area contributed by atoms with Crippen LogP contribution in [-0.2, 0) is 14.3 Å². The third-order valence-corrected chi connectivity index (χ3v) is 10.5. The van der Waals surface area contributed by atoms with E-state index in [4.69, 9.17) is 4.74 Å². The zero-order valence-electron chi connectivity index (χ0n) is 39.7. The standard InChI is InChI=1S/C56H91NO5/c1-4-7-10-13-16-19-22-25-27-30-32-35-38-41-44-47-52(62-56(61)49-46-43-40-37-34-29-24-21-18-15-12-9-6-3)50-55(60)57-53(51-58)54(59)48-45-42-39-36-33-31-28-26-23-20-17-14-11-8-5-2/h7,9-10,12-13,15-16,18-19,21-22,24-25,27,29-30,32,34-35,38,52-54,58-59H,4-6,8,11,14,17,20,23,26,28,31,33,36-37,39-51H2,1-3H3,(H,57,60)/b10-7-,12-9+,16-13+,18-15+,22-19+,24-21-,27-25-,32-30+,34-29-,38-35+. The number of unbranched alkanes of at least 4 members (excludes halogenated alkanes) is 18. The normalized spacial score (nSPS) is 14.3. The number of aliphatic hydroxyl groups is 2. The molecule has 0 rings (SSSR count). The molecule has 0 aromatic carbocycles. The van der Waals surface area contributed by atoms with E-state index in [1.54, 1.807) is 0 Å². The Morgan fingerprint density at radius 3 is 1.34 bits per heavy atom. The van der Waals surface area contributed by atoms with E-state index < -0.39 is 18.2 Å². The first-order chi connectivity index (χ1) is 30.5. The minimum Gasteiger partial charge on any atom is -0.462 e. The zero-order valence-corrected chi connectivity index (χ0v) is 39.7. The molecule has 0 heterocycles. The molecule has 0 aromatic rings. The minimum atomic E-state index is -0.823.